The highest BCUT2D eigenvalue weighted by Crippen LogP contribution is 2.35. The van der Waals surface area contributed by atoms with Crippen LogP contribution in [-0.4, -0.2) is 60.5 Å². The first-order valence-corrected chi connectivity index (χ1v) is 12.1. The number of hydrogen-bond acceptors (Lipinski definition) is 7. The van der Waals surface area contributed by atoms with Gasteiger partial charge in [-0.05, 0) is 48.4 Å². The lowest BCUT2D eigenvalue weighted by molar-refractivity contribution is -0.118. The Labute approximate surface area is 213 Å². The molecule has 9 heteroatoms. The van der Waals surface area contributed by atoms with Crippen molar-refractivity contribution in [3.63, 3.8) is 0 Å². The van der Waals surface area contributed by atoms with Crippen LogP contribution in [0.1, 0.15) is 6.92 Å². The number of nitrogens with zero attached hydrogens (tertiary/aromatic N) is 3. The minimum atomic E-state index is -0.651. The van der Waals surface area contributed by atoms with Crippen molar-refractivity contribution in [1.29, 1.82) is 0 Å². The van der Waals surface area contributed by atoms with Gasteiger partial charge in [0, 0.05) is 54.6 Å². The molecule has 0 amide bonds. The van der Waals surface area contributed by atoms with E-state index in [0.717, 1.165) is 31.9 Å². The molecular weight excluding hydrogens is 473 g/mol. The van der Waals surface area contributed by atoms with Crippen LogP contribution in [0, 0.1) is 5.95 Å². The molecule has 0 unspecified atom stereocenters. The van der Waals surface area contributed by atoms with Crippen LogP contribution in [0.15, 0.2) is 59.5 Å². The third kappa shape index (κ3) is 4.90. The summed E-state index contributed by atoms with van der Waals surface area (Å²) in [6, 6.07) is 14.6. The van der Waals surface area contributed by atoms with Gasteiger partial charge in [-0.15, -0.1) is 0 Å². The van der Waals surface area contributed by atoms with Crippen LogP contribution in [-0.2, 0) is 4.79 Å². The smallest absolute Gasteiger partial charge is 0.256 e. The molecule has 190 valence electrons. The van der Waals surface area contributed by atoms with Gasteiger partial charge in [-0.2, -0.15) is 4.39 Å². The summed E-state index contributed by atoms with van der Waals surface area (Å²) in [6.07, 6.45) is 1.51. The largest absolute Gasteiger partial charge is 0.495 e. The number of nitrogen functional groups attached to an aromatic ring is 1. The molecule has 0 atom stereocenters. The average molecular weight is 502 g/mol. The molecule has 2 aromatic heterocycles. The number of carbonyl (C=O) groups is 1. The summed E-state index contributed by atoms with van der Waals surface area (Å²) >= 11 is 0. The van der Waals surface area contributed by atoms with Gasteiger partial charge in [-0.1, -0.05) is 18.2 Å². The Morgan fingerprint density at radius 2 is 1.73 bits per heavy atom. The molecule has 37 heavy (non-hydrogen) atoms. The lowest BCUT2D eigenvalue weighted by Crippen LogP contribution is -2.47. The van der Waals surface area contributed by atoms with Gasteiger partial charge in [-0.25, -0.2) is 4.98 Å². The quantitative estimate of drug-likeness (QED) is 0.388. The number of benzene rings is 2. The molecule has 5 rings (SSSR count). The van der Waals surface area contributed by atoms with E-state index in [0.29, 0.717) is 45.3 Å². The summed E-state index contributed by atoms with van der Waals surface area (Å²) in [6.45, 7) is 5.39. The number of fused-ring (bicyclic) bond motifs is 1. The number of methoxy groups -OCH3 is 1. The lowest BCUT2D eigenvalue weighted by Gasteiger charge is -2.35. The number of nitrogens with one attached hydrogen (secondary N) is 1. The maximum Gasteiger partial charge on any atom is 0.256 e. The summed E-state index contributed by atoms with van der Waals surface area (Å²) in [5, 5.41) is 1.11. The number of aromatic amines is 1. The number of ether oxygens (including phenoxy) is 1. The van der Waals surface area contributed by atoms with Crippen LogP contribution in [0.4, 0.5) is 15.9 Å². The molecule has 0 bridgehead atoms. The Balaban J connectivity index is 1.44. The van der Waals surface area contributed by atoms with E-state index in [1.807, 2.05) is 24.3 Å². The number of carbonyl (C=O) groups excluding carboxylic acids is 1. The number of pyridine rings is 2. The predicted molar refractivity (Wildman–Crippen MR) is 143 cm³/mol. The predicted octanol–water partition coefficient (Wildman–Crippen LogP) is 3.70. The highest BCUT2D eigenvalue weighted by molar-refractivity contribution is 5.93. The molecule has 8 nitrogen and oxygen atoms in total. The Morgan fingerprint density at radius 1 is 1.03 bits per heavy atom. The fourth-order valence-corrected chi connectivity index (χ4v) is 4.84. The molecule has 0 aliphatic carbocycles. The van der Waals surface area contributed by atoms with E-state index in [2.05, 4.69) is 19.8 Å². The molecule has 0 spiro atoms. The molecular formula is C28H28FN5O3. The lowest BCUT2D eigenvalue weighted by atomic mass is 9.98. The van der Waals surface area contributed by atoms with Gasteiger partial charge in [0.1, 0.15) is 17.4 Å². The zero-order chi connectivity index (χ0) is 26.1. The zero-order valence-corrected chi connectivity index (χ0v) is 20.8. The Bertz CT molecular complexity index is 1530. The highest BCUT2D eigenvalue weighted by Gasteiger charge is 2.19. The summed E-state index contributed by atoms with van der Waals surface area (Å²) in [5.41, 5.74) is 9.21. The number of anilines is 2. The van der Waals surface area contributed by atoms with Crippen molar-refractivity contribution in [2.45, 2.75) is 6.92 Å². The number of aromatic nitrogens is 2. The first-order chi connectivity index (χ1) is 17.8. The van der Waals surface area contributed by atoms with E-state index in [4.69, 9.17) is 10.5 Å². The van der Waals surface area contributed by atoms with E-state index in [9.17, 15) is 14.0 Å². The third-order valence-corrected chi connectivity index (χ3v) is 6.76. The van der Waals surface area contributed by atoms with Crippen molar-refractivity contribution in [2.75, 3.05) is 50.5 Å². The Hall–Kier alpha value is -4.24. The van der Waals surface area contributed by atoms with Gasteiger partial charge in [0.2, 0.25) is 5.95 Å². The number of halogens is 1. The fraction of sp³-hybridized carbons (Fsp3) is 0.250. The Kier molecular flexibility index (Phi) is 6.62. The van der Waals surface area contributed by atoms with Crippen LogP contribution in [0.5, 0.6) is 5.75 Å². The SMILES string of the molecule is COc1c[nH]c(=O)c2ccc(-c3cc(-c4ccc(N5CCN(CC(C)=O)CC5)cc4)c(F)nc3N)cc12. The van der Waals surface area contributed by atoms with Crippen molar-refractivity contribution >= 4 is 28.1 Å². The van der Waals surface area contributed by atoms with Gasteiger partial charge >= 0.3 is 0 Å². The molecule has 0 radical (unpaired) electrons. The van der Waals surface area contributed by atoms with Gasteiger partial charge in [0.05, 0.1) is 19.0 Å². The van der Waals surface area contributed by atoms with Gasteiger partial charge in [0.15, 0.2) is 0 Å². The zero-order valence-electron chi connectivity index (χ0n) is 20.8. The van der Waals surface area contributed by atoms with Crippen molar-refractivity contribution in [3.05, 3.63) is 71.0 Å². The molecule has 2 aromatic carbocycles. The topological polar surface area (TPSA) is 105 Å². The summed E-state index contributed by atoms with van der Waals surface area (Å²) < 4.78 is 20.4. The van der Waals surface area contributed by atoms with Crippen LogP contribution >= 0.6 is 0 Å². The molecule has 3 N–H and O–H groups in total. The van der Waals surface area contributed by atoms with Gasteiger partial charge in [-0.3, -0.25) is 14.5 Å². The van der Waals surface area contributed by atoms with Crippen LogP contribution in [0.2, 0.25) is 0 Å². The van der Waals surface area contributed by atoms with Crippen molar-refractivity contribution in [2.24, 2.45) is 0 Å². The summed E-state index contributed by atoms with van der Waals surface area (Å²) in [7, 11) is 1.53. The minimum absolute atomic E-state index is 0.0597. The average Bonchev–Trinajstić information content (AvgIpc) is 2.89. The van der Waals surface area contributed by atoms with E-state index in [1.165, 1.54) is 13.3 Å². The maximum atomic E-state index is 15.0. The van der Waals surface area contributed by atoms with Gasteiger partial charge in [0.25, 0.3) is 5.56 Å². The molecule has 1 aliphatic heterocycles. The second kappa shape index (κ2) is 10.0. The Morgan fingerprint density at radius 3 is 2.41 bits per heavy atom. The molecule has 1 saturated heterocycles. The van der Waals surface area contributed by atoms with Crippen molar-refractivity contribution < 1.29 is 13.9 Å². The second-order valence-corrected chi connectivity index (χ2v) is 9.22. The van der Waals surface area contributed by atoms with E-state index in [1.54, 1.807) is 31.2 Å². The monoisotopic (exact) mass is 501 g/mol. The van der Waals surface area contributed by atoms with Gasteiger partial charge < -0.3 is 20.4 Å². The first-order valence-electron chi connectivity index (χ1n) is 12.1. The molecule has 4 aromatic rings. The number of piperazine rings is 1. The second-order valence-electron chi connectivity index (χ2n) is 9.22. The summed E-state index contributed by atoms with van der Waals surface area (Å²) in [5.74, 6) is 0.0990. The number of nitrogens with two attached hydrogens (primary N) is 1. The third-order valence-electron chi connectivity index (χ3n) is 6.76. The number of Topliss-reactive ketones (excluding diaryl/α,β-unsaturated/α-hetero) is 1. The number of hydrogen-bond donors (Lipinski definition) is 2. The fourth-order valence-electron chi connectivity index (χ4n) is 4.84. The number of rotatable bonds is 6. The minimum Gasteiger partial charge on any atom is -0.495 e. The molecule has 1 fully saturated rings. The van der Waals surface area contributed by atoms with Crippen LogP contribution in [0.25, 0.3) is 33.0 Å². The van der Waals surface area contributed by atoms with E-state index < -0.39 is 5.95 Å². The standard InChI is InChI=1S/C28H28FN5O3/c1-17(35)16-33-9-11-34(12-10-33)20-6-3-18(4-7-20)22-14-23(27(30)32-26(22)29)19-5-8-21-24(13-19)25(37-2)15-31-28(21)36/h3-8,13-15H,9-12,16H2,1-2H3,(H2,30,32)(H,31,36). The van der Waals surface area contributed by atoms with Crippen LogP contribution < -0.4 is 20.9 Å². The van der Waals surface area contributed by atoms with Crippen molar-refractivity contribution in [3.8, 4) is 28.0 Å². The number of ketones is 1. The molecule has 1 aliphatic rings. The normalized spacial score (nSPS) is 14.2. The summed E-state index contributed by atoms with van der Waals surface area (Å²) in [4.78, 5) is 34.7. The molecule has 3 heterocycles. The molecule has 0 saturated carbocycles. The first kappa shape index (κ1) is 24.5. The van der Waals surface area contributed by atoms with E-state index in [-0.39, 0.29) is 17.2 Å². The van der Waals surface area contributed by atoms with Crippen molar-refractivity contribution in [1.82, 2.24) is 14.9 Å². The number of H-pyrrole nitrogens is 1. The van der Waals surface area contributed by atoms with E-state index >= 15 is 0 Å². The maximum absolute atomic E-state index is 15.0. The van der Waals surface area contributed by atoms with Crippen LogP contribution in [0.3, 0.4) is 0 Å². The highest BCUT2D eigenvalue weighted by atomic mass is 19.1.